The average Bonchev–Trinajstić information content (AvgIpc) is 2.02. The zero-order valence-corrected chi connectivity index (χ0v) is 9.33. The highest BCUT2D eigenvalue weighted by Gasteiger charge is 2.14. The second-order valence-electron chi connectivity index (χ2n) is 4.33. The van der Waals surface area contributed by atoms with Crippen molar-refractivity contribution in [2.24, 2.45) is 11.7 Å². The summed E-state index contributed by atoms with van der Waals surface area (Å²) in [6, 6.07) is 0.476. The predicted molar refractivity (Wildman–Crippen MR) is 56.6 cm³/mol. The first-order valence-electron chi connectivity index (χ1n) is 5.09. The van der Waals surface area contributed by atoms with Gasteiger partial charge in [0.2, 0.25) is 0 Å². The van der Waals surface area contributed by atoms with E-state index < -0.39 is 0 Å². The van der Waals surface area contributed by atoms with Crippen LogP contribution in [0.25, 0.3) is 0 Å². The maximum atomic E-state index is 9.42. The van der Waals surface area contributed by atoms with Crippen LogP contribution in [0.15, 0.2) is 0 Å². The quantitative estimate of drug-likeness (QED) is 0.644. The molecule has 1 atom stereocenters. The van der Waals surface area contributed by atoms with Crippen molar-refractivity contribution in [1.82, 2.24) is 4.90 Å². The van der Waals surface area contributed by atoms with Crippen LogP contribution in [0.3, 0.4) is 0 Å². The first kappa shape index (κ1) is 12.9. The van der Waals surface area contributed by atoms with Gasteiger partial charge in [-0.1, -0.05) is 13.8 Å². The molecule has 0 rings (SSSR count). The van der Waals surface area contributed by atoms with Crippen LogP contribution in [-0.4, -0.2) is 41.8 Å². The maximum absolute atomic E-state index is 9.42. The number of nitrogens with zero attached hydrogens (tertiary/aromatic N) is 1. The molecule has 0 aromatic carbocycles. The van der Waals surface area contributed by atoms with Gasteiger partial charge in [-0.05, 0) is 19.8 Å². The Morgan fingerprint density at radius 2 is 1.69 bits per heavy atom. The van der Waals surface area contributed by atoms with Gasteiger partial charge in [-0.25, -0.2) is 0 Å². The van der Waals surface area contributed by atoms with Crippen molar-refractivity contribution in [3.05, 3.63) is 0 Å². The number of nitrogens with two attached hydrogens (primary N) is 1. The summed E-state index contributed by atoms with van der Waals surface area (Å²) in [5, 5.41) is 9.42. The van der Waals surface area contributed by atoms with Crippen molar-refractivity contribution in [3.8, 4) is 0 Å². The van der Waals surface area contributed by atoms with E-state index in [0.29, 0.717) is 25.0 Å². The van der Waals surface area contributed by atoms with Gasteiger partial charge in [0.05, 0.1) is 6.10 Å². The van der Waals surface area contributed by atoms with E-state index in [1.54, 1.807) is 0 Å². The molecule has 13 heavy (non-hydrogen) atoms. The molecular weight excluding hydrogens is 164 g/mol. The summed E-state index contributed by atoms with van der Waals surface area (Å²) in [6.07, 6.45) is -0.388. The molecule has 0 aromatic rings. The number of rotatable bonds is 6. The normalized spacial score (nSPS) is 14.5. The van der Waals surface area contributed by atoms with Gasteiger partial charge in [-0.2, -0.15) is 0 Å². The van der Waals surface area contributed by atoms with E-state index in [0.717, 1.165) is 6.54 Å². The molecule has 3 nitrogen and oxygen atoms in total. The molecule has 0 saturated carbocycles. The molecule has 0 amide bonds. The standard InChI is InChI=1S/C10H24N2O/c1-8(2)6-12(9(3)4)7-10(13)5-11/h8-10,13H,5-7,11H2,1-4H3. The molecule has 0 aromatic heterocycles. The van der Waals surface area contributed by atoms with Crippen LogP contribution in [0.1, 0.15) is 27.7 Å². The Labute approximate surface area is 81.9 Å². The SMILES string of the molecule is CC(C)CN(CC(O)CN)C(C)C. The topological polar surface area (TPSA) is 49.5 Å². The Hall–Kier alpha value is -0.120. The summed E-state index contributed by atoms with van der Waals surface area (Å²) in [5.41, 5.74) is 5.37. The Morgan fingerprint density at radius 1 is 1.15 bits per heavy atom. The molecule has 0 heterocycles. The molecule has 80 valence electrons. The summed E-state index contributed by atoms with van der Waals surface area (Å²) < 4.78 is 0. The number of aliphatic hydroxyl groups excluding tert-OH is 1. The minimum atomic E-state index is -0.388. The van der Waals surface area contributed by atoms with Crippen molar-refractivity contribution < 1.29 is 5.11 Å². The fourth-order valence-corrected chi connectivity index (χ4v) is 1.31. The largest absolute Gasteiger partial charge is 0.390 e. The molecule has 0 radical (unpaired) electrons. The van der Waals surface area contributed by atoms with Crippen LogP contribution in [0.5, 0.6) is 0 Å². The molecule has 1 unspecified atom stereocenters. The van der Waals surface area contributed by atoms with Gasteiger partial charge >= 0.3 is 0 Å². The van der Waals surface area contributed by atoms with Crippen LogP contribution in [0, 0.1) is 5.92 Å². The van der Waals surface area contributed by atoms with Crippen LogP contribution in [-0.2, 0) is 0 Å². The van der Waals surface area contributed by atoms with E-state index >= 15 is 0 Å². The highest BCUT2D eigenvalue weighted by atomic mass is 16.3. The summed E-state index contributed by atoms with van der Waals surface area (Å²) in [5.74, 6) is 0.632. The molecule has 3 N–H and O–H groups in total. The van der Waals surface area contributed by atoms with Crippen molar-refractivity contribution >= 4 is 0 Å². The van der Waals surface area contributed by atoms with Gasteiger partial charge in [-0.3, -0.25) is 4.90 Å². The first-order valence-corrected chi connectivity index (χ1v) is 5.09. The molecule has 0 aliphatic heterocycles. The van der Waals surface area contributed by atoms with Gasteiger partial charge in [0.1, 0.15) is 0 Å². The fourth-order valence-electron chi connectivity index (χ4n) is 1.31. The molecule has 0 saturated heterocycles. The first-order chi connectivity index (χ1) is 5.97. The maximum Gasteiger partial charge on any atom is 0.0789 e. The van der Waals surface area contributed by atoms with Crippen molar-refractivity contribution in [1.29, 1.82) is 0 Å². The molecule has 0 spiro atoms. The number of hydrogen-bond donors (Lipinski definition) is 2. The number of aliphatic hydroxyl groups is 1. The Morgan fingerprint density at radius 3 is 2.00 bits per heavy atom. The van der Waals surface area contributed by atoms with Crippen LogP contribution >= 0.6 is 0 Å². The third-order valence-electron chi connectivity index (χ3n) is 2.05. The van der Waals surface area contributed by atoms with Gasteiger partial charge in [0.25, 0.3) is 0 Å². The van der Waals surface area contributed by atoms with E-state index in [9.17, 15) is 5.11 Å². The summed E-state index contributed by atoms with van der Waals surface area (Å²) >= 11 is 0. The second-order valence-corrected chi connectivity index (χ2v) is 4.33. The summed E-state index contributed by atoms with van der Waals surface area (Å²) in [4.78, 5) is 2.27. The van der Waals surface area contributed by atoms with Gasteiger partial charge < -0.3 is 10.8 Å². The van der Waals surface area contributed by atoms with Crippen LogP contribution < -0.4 is 5.73 Å². The fraction of sp³-hybridized carbons (Fsp3) is 1.00. The van der Waals surface area contributed by atoms with E-state index in [4.69, 9.17) is 5.73 Å². The lowest BCUT2D eigenvalue weighted by molar-refractivity contribution is 0.0928. The van der Waals surface area contributed by atoms with Crippen LogP contribution in [0.2, 0.25) is 0 Å². The van der Waals surface area contributed by atoms with Crippen molar-refractivity contribution in [2.75, 3.05) is 19.6 Å². The monoisotopic (exact) mass is 188 g/mol. The third kappa shape index (κ3) is 6.02. The molecule has 0 aliphatic rings. The summed E-state index contributed by atoms with van der Waals surface area (Å²) in [7, 11) is 0. The minimum Gasteiger partial charge on any atom is -0.390 e. The lowest BCUT2D eigenvalue weighted by atomic mass is 10.1. The second kappa shape index (κ2) is 6.35. The lowest BCUT2D eigenvalue weighted by Gasteiger charge is -2.29. The van der Waals surface area contributed by atoms with Crippen LogP contribution in [0.4, 0.5) is 0 Å². The smallest absolute Gasteiger partial charge is 0.0789 e. The Balaban J connectivity index is 3.94. The predicted octanol–water partition coefficient (Wildman–Crippen LogP) is 0.672. The molecule has 0 bridgehead atoms. The van der Waals surface area contributed by atoms with Crippen molar-refractivity contribution in [3.63, 3.8) is 0 Å². The number of hydrogen-bond acceptors (Lipinski definition) is 3. The molecule has 0 fully saturated rings. The zero-order valence-electron chi connectivity index (χ0n) is 9.33. The molecular formula is C10H24N2O. The Kier molecular flexibility index (Phi) is 6.29. The van der Waals surface area contributed by atoms with E-state index in [-0.39, 0.29) is 6.10 Å². The summed E-state index contributed by atoms with van der Waals surface area (Å²) in [6.45, 7) is 10.7. The molecule has 0 aliphatic carbocycles. The van der Waals surface area contributed by atoms with Crippen molar-refractivity contribution in [2.45, 2.75) is 39.8 Å². The van der Waals surface area contributed by atoms with Gasteiger partial charge in [0.15, 0.2) is 0 Å². The van der Waals surface area contributed by atoms with Gasteiger partial charge in [0, 0.05) is 25.7 Å². The average molecular weight is 188 g/mol. The lowest BCUT2D eigenvalue weighted by Crippen LogP contribution is -2.42. The third-order valence-corrected chi connectivity index (χ3v) is 2.05. The van der Waals surface area contributed by atoms with E-state index in [2.05, 4.69) is 32.6 Å². The minimum absolute atomic E-state index is 0.349. The zero-order chi connectivity index (χ0) is 10.4. The highest BCUT2D eigenvalue weighted by molar-refractivity contribution is 4.69. The van der Waals surface area contributed by atoms with E-state index in [1.807, 2.05) is 0 Å². The highest BCUT2D eigenvalue weighted by Crippen LogP contribution is 2.04. The Bertz CT molecular complexity index is 126. The van der Waals surface area contributed by atoms with E-state index in [1.165, 1.54) is 0 Å². The molecule has 3 heteroatoms. The van der Waals surface area contributed by atoms with Gasteiger partial charge in [-0.15, -0.1) is 0 Å².